The van der Waals surface area contributed by atoms with Gasteiger partial charge in [0.2, 0.25) is 0 Å². The summed E-state index contributed by atoms with van der Waals surface area (Å²) in [4.78, 5) is 2.11. The van der Waals surface area contributed by atoms with E-state index < -0.39 is 5.60 Å². The fourth-order valence-corrected chi connectivity index (χ4v) is 3.25. The Balaban J connectivity index is 1.48. The fraction of sp³-hybridized carbons (Fsp3) is 0.625. The summed E-state index contributed by atoms with van der Waals surface area (Å²) >= 11 is 0. The predicted molar refractivity (Wildman–Crippen MR) is 82.1 cm³/mol. The number of para-hydroxylation sites is 1. The van der Waals surface area contributed by atoms with Gasteiger partial charge in [0.15, 0.2) is 0 Å². The number of β-amino-alcohol motifs (C(OH)–C–C–N with tert-alkyl or cyclic N) is 1. The van der Waals surface area contributed by atoms with Gasteiger partial charge in [-0.15, -0.1) is 0 Å². The van der Waals surface area contributed by atoms with Gasteiger partial charge in [-0.05, 0) is 37.9 Å². The minimum Gasteiger partial charge on any atom is -0.387 e. The van der Waals surface area contributed by atoms with Crippen LogP contribution >= 0.6 is 0 Å². The molecule has 2 heterocycles. The number of benzene rings is 1. The maximum atomic E-state index is 13.8. The summed E-state index contributed by atoms with van der Waals surface area (Å²) in [5.41, 5.74) is 0.109. The number of rotatable bonds is 4. The smallest absolute Gasteiger partial charge is 0.146 e. The lowest BCUT2D eigenvalue weighted by atomic mass is 10.00. The van der Waals surface area contributed by atoms with Gasteiger partial charge in [0, 0.05) is 32.2 Å². The van der Waals surface area contributed by atoms with Crippen LogP contribution in [0.4, 0.5) is 10.1 Å². The summed E-state index contributed by atoms with van der Waals surface area (Å²) in [6.07, 6.45) is 2.78. The zero-order valence-corrected chi connectivity index (χ0v) is 12.3. The van der Waals surface area contributed by atoms with Crippen LogP contribution < -0.4 is 15.5 Å². The molecule has 1 aromatic carbocycles. The van der Waals surface area contributed by atoms with E-state index in [9.17, 15) is 9.50 Å². The Morgan fingerprint density at radius 2 is 2.10 bits per heavy atom. The number of aliphatic hydroxyl groups is 1. The molecule has 2 saturated heterocycles. The summed E-state index contributed by atoms with van der Waals surface area (Å²) in [6.45, 7) is 3.92. The monoisotopic (exact) mass is 293 g/mol. The molecule has 1 atom stereocenters. The normalized spacial score (nSPS) is 27.2. The molecule has 0 spiro atoms. The second-order valence-electron chi connectivity index (χ2n) is 6.24. The van der Waals surface area contributed by atoms with E-state index in [-0.39, 0.29) is 5.82 Å². The van der Waals surface area contributed by atoms with Gasteiger partial charge in [0.05, 0.1) is 11.3 Å². The van der Waals surface area contributed by atoms with Crippen LogP contribution in [-0.2, 0) is 0 Å². The molecule has 3 N–H and O–H groups in total. The van der Waals surface area contributed by atoms with E-state index >= 15 is 0 Å². The SMILES string of the molecule is O[C@@]1(CNC2CCN(c3ccccc3F)CC2)CCNC1. The summed E-state index contributed by atoms with van der Waals surface area (Å²) in [5, 5.41) is 17.0. The van der Waals surface area contributed by atoms with Gasteiger partial charge >= 0.3 is 0 Å². The summed E-state index contributed by atoms with van der Waals surface area (Å²) < 4.78 is 13.8. The Bertz CT molecular complexity index is 468. The first kappa shape index (κ1) is 14.8. The van der Waals surface area contributed by atoms with Crippen molar-refractivity contribution in [3.05, 3.63) is 30.1 Å². The minimum atomic E-state index is -0.595. The van der Waals surface area contributed by atoms with Gasteiger partial charge in [-0.1, -0.05) is 12.1 Å². The molecule has 0 aromatic heterocycles. The molecular weight excluding hydrogens is 269 g/mol. The average Bonchev–Trinajstić information content (AvgIpc) is 2.94. The number of piperidine rings is 1. The topological polar surface area (TPSA) is 47.5 Å². The highest BCUT2D eigenvalue weighted by molar-refractivity contribution is 5.47. The molecule has 5 heteroatoms. The maximum Gasteiger partial charge on any atom is 0.146 e. The van der Waals surface area contributed by atoms with Gasteiger partial charge in [-0.2, -0.15) is 0 Å². The molecule has 21 heavy (non-hydrogen) atoms. The summed E-state index contributed by atoms with van der Waals surface area (Å²) in [6, 6.07) is 7.38. The van der Waals surface area contributed by atoms with Crippen molar-refractivity contribution in [1.82, 2.24) is 10.6 Å². The van der Waals surface area contributed by atoms with Gasteiger partial charge < -0.3 is 20.6 Å². The number of hydrogen-bond acceptors (Lipinski definition) is 4. The molecule has 2 fully saturated rings. The van der Waals surface area contributed by atoms with Crippen molar-refractivity contribution in [2.24, 2.45) is 0 Å². The molecule has 1 aromatic rings. The Kier molecular flexibility index (Phi) is 4.42. The Morgan fingerprint density at radius 1 is 1.33 bits per heavy atom. The molecule has 116 valence electrons. The second-order valence-corrected chi connectivity index (χ2v) is 6.24. The molecule has 2 aliphatic heterocycles. The molecule has 0 bridgehead atoms. The molecule has 3 rings (SSSR count). The highest BCUT2D eigenvalue weighted by Crippen LogP contribution is 2.23. The van der Waals surface area contributed by atoms with E-state index in [0.29, 0.717) is 24.8 Å². The van der Waals surface area contributed by atoms with Gasteiger partial charge in [0.25, 0.3) is 0 Å². The zero-order chi connectivity index (χ0) is 14.7. The van der Waals surface area contributed by atoms with Crippen LogP contribution in [0.3, 0.4) is 0 Å². The maximum absolute atomic E-state index is 13.8. The Labute approximate surface area is 125 Å². The molecule has 2 aliphatic rings. The first-order valence-corrected chi connectivity index (χ1v) is 7.82. The van der Waals surface area contributed by atoms with Crippen molar-refractivity contribution in [2.75, 3.05) is 37.6 Å². The first-order chi connectivity index (χ1) is 10.2. The highest BCUT2D eigenvalue weighted by Gasteiger charge is 2.32. The van der Waals surface area contributed by atoms with E-state index in [1.807, 2.05) is 12.1 Å². The second kappa shape index (κ2) is 6.30. The minimum absolute atomic E-state index is 0.143. The van der Waals surface area contributed by atoms with Gasteiger partial charge in [0.1, 0.15) is 5.82 Å². The lowest BCUT2D eigenvalue weighted by molar-refractivity contribution is 0.0571. The zero-order valence-electron chi connectivity index (χ0n) is 12.3. The third-order valence-corrected chi connectivity index (χ3v) is 4.63. The molecule has 4 nitrogen and oxygen atoms in total. The van der Waals surface area contributed by atoms with Crippen molar-refractivity contribution in [2.45, 2.75) is 30.9 Å². The van der Waals surface area contributed by atoms with Crippen LogP contribution in [0.15, 0.2) is 24.3 Å². The van der Waals surface area contributed by atoms with Crippen LogP contribution in [0, 0.1) is 5.82 Å². The molecule has 0 saturated carbocycles. The van der Waals surface area contributed by atoms with Crippen LogP contribution in [0.2, 0.25) is 0 Å². The third kappa shape index (κ3) is 3.54. The predicted octanol–water partition coefficient (Wildman–Crippen LogP) is 1.11. The highest BCUT2D eigenvalue weighted by atomic mass is 19.1. The van der Waals surface area contributed by atoms with Gasteiger partial charge in [-0.3, -0.25) is 0 Å². The summed E-state index contributed by atoms with van der Waals surface area (Å²) in [7, 11) is 0. The fourth-order valence-electron chi connectivity index (χ4n) is 3.25. The number of halogens is 1. The molecule has 0 unspecified atom stereocenters. The number of anilines is 1. The van der Waals surface area contributed by atoms with Crippen molar-refractivity contribution in [3.63, 3.8) is 0 Å². The van der Waals surface area contributed by atoms with E-state index in [2.05, 4.69) is 15.5 Å². The first-order valence-electron chi connectivity index (χ1n) is 7.82. The third-order valence-electron chi connectivity index (χ3n) is 4.63. The molecule has 0 amide bonds. The van der Waals surface area contributed by atoms with Gasteiger partial charge in [-0.25, -0.2) is 4.39 Å². The Morgan fingerprint density at radius 3 is 2.76 bits per heavy atom. The lowest BCUT2D eigenvalue weighted by Gasteiger charge is -2.35. The van der Waals surface area contributed by atoms with E-state index in [1.165, 1.54) is 6.07 Å². The number of nitrogens with zero attached hydrogens (tertiary/aromatic N) is 1. The van der Waals surface area contributed by atoms with E-state index in [4.69, 9.17) is 0 Å². The lowest BCUT2D eigenvalue weighted by Crippen LogP contribution is -2.49. The van der Waals surface area contributed by atoms with Crippen LogP contribution in [-0.4, -0.2) is 49.5 Å². The number of hydrogen-bond donors (Lipinski definition) is 3. The van der Waals surface area contributed by atoms with E-state index in [1.54, 1.807) is 6.07 Å². The quantitative estimate of drug-likeness (QED) is 0.778. The standard InChI is InChI=1S/C16H24FN3O/c17-14-3-1-2-4-15(14)20-9-5-13(6-10-20)19-12-16(21)7-8-18-11-16/h1-4,13,18-19,21H,5-12H2/t16-/m0/s1. The van der Waals surface area contributed by atoms with Crippen molar-refractivity contribution in [3.8, 4) is 0 Å². The van der Waals surface area contributed by atoms with Crippen LogP contribution in [0.5, 0.6) is 0 Å². The van der Waals surface area contributed by atoms with Crippen molar-refractivity contribution < 1.29 is 9.50 Å². The summed E-state index contributed by atoms with van der Waals surface area (Å²) in [5.74, 6) is -0.143. The van der Waals surface area contributed by atoms with E-state index in [0.717, 1.165) is 38.9 Å². The van der Waals surface area contributed by atoms with Crippen molar-refractivity contribution >= 4 is 5.69 Å². The van der Waals surface area contributed by atoms with Crippen LogP contribution in [0.25, 0.3) is 0 Å². The largest absolute Gasteiger partial charge is 0.387 e. The molecule has 0 radical (unpaired) electrons. The average molecular weight is 293 g/mol. The Hall–Kier alpha value is -1.17. The van der Waals surface area contributed by atoms with Crippen LogP contribution in [0.1, 0.15) is 19.3 Å². The molecule has 0 aliphatic carbocycles. The number of nitrogens with one attached hydrogen (secondary N) is 2. The molecular formula is C16H24FN3O. The van der Waals surface area contributed by atoms with Crippen molar-refractivity contribution in [1.29, 1.82) is 0 Å².